The summed E-state index contributed by atoms with van der Waals surface area (Å²) in [5, 5.41) is 5.14. The zero-order valence-electron chi connectivity index (χ0n) is 23.8. The number of rotatable bonds is 4. The summed E-state index contributed by atoms with van der Waals surface area (Å²) < 4.78 is 1.92. The molecule has 0 fully saturated rings. The predicted octanol–water partition coefficient (Wildman–Crippen LogP) is 9.80. The molecule has 0 N–H and O–H groups in total. The highest BCUT2D eigenvalue weighted by molar-refractivity contribution is 6.21. The minimum atomic E-state index is 0.0502. The molecule has 2 heterocycles. The van der Waals surface area contributed by atoms with Crippen LogP contribution in [0.1, 0.15) is 29.0 Å². The summed E-state index contributed by atoms with van der Waals surface area (Å²) in [6, 6.07) is 47.8. The molecule has 9 rings (SSSR count). The van der Waals surface area contributed by atoms with Crippen molar-refractivity contribution in [1.82, 2.24) is 4.40 Å². The molecule has 8 aromatic rings. The summed E-state index contributed by atoms with van der Waals surface area (Å²) in [6.07, 6.45) is 3.30. The van der Waals surface area contributed by atoms with E-state index in [9.17, 15) is 4.79 Å². The zero-order chi connectivity index (χ0) is 28.5. The third kappa shape index (κ3) is 3.69. The van der Waals surface area contributed by atoms with Gasteiger partial charge in [-0.15, -0.1) is 0 Å². The van der Waals surface area contributed by atoms with Gasteiger partial charge in [-0.25, -0.2) is 0 Å². The zero-order valence-corrected chi connectivity index (χ0v) is 23.8. The quantitative estimate of drug-likeness (QED) is 0.200. The van der Waals surface area contributed by atoms with E-state index in [-0.39, 0.29) is 5.56 Å². The molecule has 43 heavy (non-hydrogen) atoms. The predicted molar refractivity (Wildman–Crippen MR) is 179 cm³/mol. The Kier molecular flexibility index (Phi) is 5.34. The van der Waals surface area contributed by atoms with Gasteiger partial charge in [0.25, 0.3) is 5.56 Å². The van der Waals surface area contributed by atoms with Crippen LogP contribution in [0, 0.1) is 0 Å². The molecule has 0 radical (unpaired) electrons. The van der Waals surface area contributed by atoms with Gasteiger partial charge in [-0.2, -0.15) is 0 Å². The molecule has 0 spiro atoms. The first kappa shape index (κ1) is 24.4. The van der Waals surface area contributed by atoms with E-state index in [1.54, 1.807) is 0 Å². The minimum Gasteiger partial charge on any atom is -0.275 e. The summed E-state index contributed by atoms with van der Waals surface area (Å²) in [7, 11) is 0. The van der Waals surface area contributed by atoms with E-state index in [2.05, 4.69) is 109 Å². The van der Waals surface area contributed by atoms with Gasteiger partial charge in [-0.05, 0) is 99.8 Å². The molecule has 2 heteroatoms. The number of hydrogen-bond donors (Lipinski definition) is 0. The molecule has 0 saturated carbocycles. The normalized spacial score (nSPS) is 14.5. The van der Waals surface area contributed by atoms with Crippen molar-refractivity contribution in [3.63, 3.8) is 0 Å². The number of pyridine rings is 1. The van der Waals surface area contributed by atoms with Crippen molar-refractivity contribution in [3.8, 4) is 22.3 Å². The molecular formula is C41H29NO. The van der Waals surface area contributed by atoms with E-state index in [4.69, 9.17) is 0 Å². The maximum atomic E-state index is 13.7. The van der Waals surface area contributed by atoms with E-state index >= 15 is 0 Å². The van der Waals surface area contributed by atoms with Crippen molar-refractivity contribution in [2.75, 3.05) is 0 Å². The summed E-state index contributed by atoms with van der Waals surface area (Å²) in [6.45, 7) is 0. The molecule has 204 valence electrons. The Morgan fingerprint density at radius 2 is 1.28 bits per heavy atom. The highest BCUT2D eigenvalue weighted by Gasteiger charge is 2.25. The monoisotopic (exact) mass is 551 g/mol. The Hall–Kier alpha value is -5.21. The first-order valence-corrected chi connectivity index (χ1v) is 15.2. The number of para-hydroxylation sites is 1. The summed E-state index contributed by atoms with van der Waals surface area (Å²) in [4.78, 5) is 13.7. The maximum absolute atomic E-state index is 13.7. The summed E-state index contributed by atoms with van der Waals surface area (Å²) >= 11 is 0. The number of benzene rings is 6. The van der Waals surface area contributed by atoms with E-state index in [0.717, 1.165) is 57.2 Å². The van der Waals surface area contributed by atoms with Crippen molar-refractivity contribution in [3.05, 3.63) is 161 Å². The molecule has 1 atom stereocenters. The topological polar surface area (TPSA) is 21.5 Å². The van der Waals surface area contributed by atoms with Gasteiger partial charge in [0.1, 0.15) is 0 Å². The molecular weight excluding hydrogens is 522 g/mol. The Labute approximate surface area is 249 Å². The lowest BCUT2D eigenvalue weighted by Gasteiger charge is -2.28. The average molecular weight is 552 g/mol. The lowest BCUT2D eigenvalue weighted by Crippen LogP contribution is -2.13. The Bertz CT molecular complexity index is 2400. The first-order chi connectivity index (χ1) is 21.2. The smallest absolute Gasteiger partial charge is 0.263 e. The van der Waals surface area contributed by atoms with E-state index in [1.165, 1.54) is 38.9 Å². The number of fused-ring (bicyclic) bond motifs is 8. The van der Waals surface area contributed by atoms with E-state index < -0.39 is 0 Å². The lowest BCUT2D eigenvalue weighted by molar-refractivity contribution is 0.616. The van der Waals surface area contributed by atoms with Gasteiger partial charge in [0.2, 0.25) is 0 Å². The second kappa shape index (κ2) is 9.40. The van der Waals surface area contributed by atoms with E-state index in [1.807, 2.05) is 28.7 Å². The molecule has 1 aliphatic rings. The van der Waals surface area contributed by atoms with Crippen LogP contribution in [-0.2, 0) is 12.8 Å². The van der Waals surface area contributed by atoms with Crippen LogP contribution < -0.4 is 5.56 Å². The molecule has 1 aliphatic carbocycles. The van der Waals surface area contributed by atoms with E-state index in [0.29, 0.717) is 5.92 Å². The molecule has 0 aliphatic heterocycles. The molecule has 1 unspecified atom stereocenters. The molecule has 2 aromatic heterocycles. The number of aromatic nitrogens is 1. The highest BCUT2D eigenvalue weighted by atomic mass is 16.1. The van der Waals surface area contributed by atoms with Gasteiger partial charge in [0, 0.05) is 21.5 Å². The van der Waals surface area contributed by atoms with Crippen LogP contribution in [0.15, 0.2) is 138 Å². The second-order valence-electron chi connectivity index (χ2n) is 12.0. The van der Waals surface area contributed by atoms with Crippen LogP contribution >= 0.6 is 0 Å². The Morgan fingerprint density at radius 3 is 2.14 bits per heavy atom. The second-order valence-corrected chi connectivity index (χ2v) is 12.0. The number of hydrogen-bond acceptors (Lipinski definition) is 1. The van der Waals surface area contributed by atoms with Gasteiger partial charge < -0.3 is 0 Å². The number of nitrogens with zero attached hydrogens (tertiary/aromatic N) is 1. The first-order valence-electron chi connectivity index (χ1n) is 15.2. The fraction of sp³-hybridized carbons (Fsp3) is 0.0976. The Balaban J connectivity index is 1.21. The summed E-state index contributed by atoms with van der Waals surface area (Å²) in [5.41, 5.74) is 11.4. The van der Waals surface area contributed by atoms with Crippen molar-refractivity contribution >= 4 is 38.0 Å². The third-order valence-electron chi connectivity index (χ3n) is 9.64. The standard InChI is InChI=1S/C41H29NO/c43-41-35-16-7-6-14-33(35)37-24-30(25-38-34-15-8-9-17-39(34)42(41)40(37)38)27-20-21-29-22-28(19-18-26-10-2-1-3-11-26)31-12-4-5-13-32(31)36(29)23-27/h1-17,20-21,23-25,28H,18-19,22H2. The number of aryl methyl sites for hydroxylation is 1. The Morgan fingerprint density at radius 1 is 0.581 bits per heavy atom. The van der Waals surface area contributed by atoms with Crippen LogP contribution in [0.3, 0.4) is 0 Å². The summed E-state index contributed by atoms with van der Waals surface area (Å²) in [5.74, 6) is 0.510. The molecule has 2 nitrogen and oxygen atoms in total. The van der Waals surface area contributed by atoms with Crippen molar-refractivity contribution < 1.29 is 0 Å². The lowest BCUT2D eigenvalue weighted by atomic mass is 9.76. The fourth-order valence-corrected chi connectivity index (χ4v) is 7.61. The minimum absolute atomic E-state index is 0.0502. The van der Waals surface area contributed by atoms with Gasteiger partial charge in [-0.1, -0.05) is 103 Å². The van der Waals surface area contributed by atoms with Crippen molar-refractivity contribution in [2.45, 2.75) is 25.2 Å². The van der Waals surface area contributed by atoms with Crippen LogP contribution in [-0.4, -0.2) is 4.40 Å². The SMILES string of the molecule is O=c1c2ccccc2c2cc(-c3ccc4c(c3)-c3ccccc3C(CCc3ccccc3)C4)cc3c4ccccc4n1c23. The highest BCUT2D eigenvalue weighted by Crippen LogP contribution is 2.44. The van der Waals surface area contributed by atoms with Gasteiger partial charge >= 0.3 is 0 Å². The van der Waals surface area contributed by atoms with Gasteiger partial charge in [0.15, 0.2) is 0 Å². The van der Waals surface area contributed by atoms with Crippen LogP contribution in [0.2, 0.25) is 0 Å². The third-order valence-corrected chi connectivity index (χ3v) is 9.64. The van der Waals surface area contributed by atoms with Crippen LogP contribution in [0.4, 0.5) is 0 Å². The largest absolute Gasteiger partial charge is 0.275 e. The van der Waals surface area contributed by atoms with Gasteiger partial charge in [-0.3, -0.25) is 9.20 Å². The van der Waals surface area contributed by atoms with Gasteiger partial charge in [0.05, 0.1) is 11.0 Å². The molecule has 6 aromatic carbocycles. The van der Waals surface area contributed by atoms with Crippen molar-refractivity contribution in [2.24, 2.45) is 0 Å². The van der Waals surface area contributed by atoms with Crippen LogP contribution in [0.5, 0.6) is 0 Å². The molecule has 0 amide bonds. The fourth-order valence-electron chi connectivity index (χ4n) is 7.61. The molecule has 0 bridgehead atoms. The maximum Gasteiger partial charge on any atom is 0.263 e. The van der Waals surface area contributed by atoms with Crippen molar-refractivity contribution in [1.29, 1.82) is 0 Å². The average Bonchev–Trinajstić information content (AvgIpc) is 3.41. The molecule has 0 saturated heterocycles. The van der Waals surface area contributed by atoms with Crippen LogP contribution in [0.25, 0.3) is 60.2 Å².